The largest absolute Gasteiger partial charge is 0.463 e. The van der Waals surface area contributed by atoms with Crippen LogP contribution in [-0.4, -0.2) is 160 Å². The summed E-state index contributed by atoms with van der Waals surface area (Å²) < 4.78 is 65.9. The predicted octanol–water partition coefficient (Wildman–Crippen LogP) is 7.03. The van der Waals surface area contributed by atoms with E-state index < -0.39 is 8.32 Å². The minimum absolute atomic E-state index is 0.131. The van der Waals surface area contributed by atoms with Crippen LogP contribution in [0.3, 0.4) is 0 Å². The van der Waals surface area contributed by atoms with Gasteiger partial charge in [0, 0.05) is 6.42 Å². The molecule has 0 unspecified atom stereocenters. The molecule has 0 radical (unpaired) electrons. The van der Waals surface area contributed by atoms with Gasteiger partial charge in [0.15, 0.2) is 8.32 Å². The first-order valence-corrected chi connectivity index (χ1v) is 24.9. The third-order valence-corrected chi connectivity index (χ3v) is 9.16. The second-order valence-corrected chi connectivity index (χ2v) is 18.8. The van der Waals surface area contributed by atoms with Crippen molar-refractivity contribution in [2.75, 3.05) is 145 Å². The lowest BCUT2D eigenvalue weighted by molar-refractivity contribution is -0.145. The Balaban J connectivity index is 3.13. The molecule has 0 rings (SSSR count). The number of hydrogen-bond acceptors (Lipinski definition) is 13. The molecule has 0 N–H and O–H groups in total. The molecular formula is C41H84O13Si. The van der Waals surface area contributed by atoms with E-state index in [-0.39, 0.29) is 12.6 Å². The van der Waals surface area contributed by atoms with Crippen LogP contribution in [0, 0.1) is 0 Å². The maximum atomic E-state index is 11.9. The first-order valence-electron chi connectivity index (χ1n) is 21.5. The lowest BCUT2D eigenvalue weighted by atomic mass is 10.0. The Bertz CT molecular complexity index is 746. The van der Waals surface area contributed by atoms with Crippen LogP contribution in [0.5, 0.6) is 0 Å². The van der Waals surface area contributed by atoms with Gasteiger partial charge < -0.3 is 56.5 Å². The van der Waals surface area contributed by atoms with E-state index in [4.69, 9.17) is 56.5 Å². The molecule has 0 fully saturated rings. The Morgan fingerprint density at radius 3 is 0.836 bits per heavy atom. The average Bonchev–Trinajstić information content (AvgIpc) is 3.16. The summed E-state index contributed by atoms with van der Waals surface area (Å²) in [7, 11) is -1.46. The van der Waals surface area contributed by atoms with E-state index in [0.717, 1.165) is 12.8 Å². The van der Waals surface area contributed by atoms with Crippen molar-refractivity contribution in [3.05, 3.63) is 0 Å². The summed E-state index contributed by atoms with van der Waals surface area (Å²) in [5, 5.41) is 0. The summed E-state index contributed by atoms with van der Waals surface area (Å²) in [6.45, 7) is 19.8. The molecule has 0 aliphatic heterocycles. The molecule has 0 aliphatic rings. The van der Waals surface area contributed by atoms with Gasteiger partial charge in [-0.3, -0.25) is 4.79 Å². The van der Waals surface area contributed by atoms with Crippen molar-refractivity contribution in [3.8, 4) is 0 Å². The lowest BCUT2D eigenvalue weighted by Crippen LogP contribution is -2.27. The van der Waals surface area contributed by atoms with E-state index in [9.17, 15) is 4.79 Å². The number of rotatable bonds is 48. The van der Waals surface area contributed by atoms with Crippen molar-refractivity contribution in [3.63, 3.8) is 0 Å². The minimum Gasteiger partial charge on any atom is -0.463 e. The number of unbranched alkanes of at least 4 members (excludes halogenated alkanes) is 12. The molecule has 0 spiro atoms. The Labute approximate surface area is 336 Å². The molecule has 330 valence electrons. The van der Waals surface area contributed by atoms with Gasteiger partial charge in [0.05, 0.1) is 139 Å². The second kappa shape index (κ2) is 45.9. The van der Waals surface area contributed by atoms with Gasteiger partial charge in [-0.25, -0.2) is 0 Å². The topological polar surface area (TPSA) is 128 Å². The van der Waals surface area contributed by atoms with Crippen molar-refractivity contribution in [2.24, 2.45) is 0 Å². The Morgan fingerprint density at radius 1 is 0.327 bits per heavy atom. The van der Waals surface area contributed by atoms with Crippen LogP contribution in [0.25, 0.3) is 0 Å². The lowest BCUT2D eigenvalue weighted by Gasteiger charge is -2.16. The number of esters is 1. The minimum atomic E-state index is -1.46. The fourth-order valence-electron chi connectivity index (χ4n) is 5.06. The standard InChI is InChI=1S/C41H84O13Si/c1-5-6-7-8-9-10-11-12-13-14-15-16-17-18-41(42)53-39-37-51-35-33-49-31-29-47-27-25-45-23-21-43-19-20-44-22-24-46-26-28-48-30-32-50-34-36-52-38-40-54-55(2,3)4/h5-40H2,1-4H3. The molecule has 0 aromatic carbocycles. The maximum absolute atomic E-state index is 11.9. The summed E-state index contributed by atoms with van der Waals surface area (Å²) >= 11 is 0. The van der Waals surface area contributed by atoms with Crippen LogP contribution in [0.4, 0.5) is 0 Å². The van der Waals surface area contributed by atoms with Gasteiger partial charge in [0.1, 0.15) is 6.61 Å². The van der Waals surface area contributed by atoms with Crippen LogP contribution in [0.2, 0.25) is 19.6 Å². The van der Waals surface area contributed by atoms with E-state index in [1.807, 2.05) is 0 Å². The van der Waals surface area contributed by atoms with Gasteiger partial charge in [-0.15, -0.1) is 0 Å². The first kappa shape index (κ1) is 54.2. The smallest absolute Gasteiger partial charge is 0.305 e. The van der Waals surface area contributed by atoms with Crippen LogP contribution in [0.15, 0.2) is 0 Å². The molecule has 0 aromatic rings. The number of carbonyl (C=O) groups excluding carboxylic acids is 1. The summed E-state index contributed by atoms with van der Waals surface area (Å²) in [6, 6.07) is 0. The highest BCUT2D eigenvalue weighted by Gasteiger charge is 2.13. The van der Waals surface area contributed by atoms with Gasteiger partial charge in [0.2, 0.25) is 0 Å². The van der Waals surface area contributed by atoms with E-state index in [0.29, 0.717) is 145 Å². The second-order valence-electron chi connectivity index (χ2n) is 14.3. The number of carbonyl (C=O) groups is 1. The summed E-state index contributed by atoms with van der Waals surface area (Å²) in [4.78, 5) is 11.9. The molecule has 13 nitrogen and oxygen atoms in total. The zero-order valence-corrected chi connectivity index (χ0v) is 36.8. The molecule has 0 bridgehead atoms. The van der Waals surface area contributed by atoms with Gasteiger partial charge >= 0.3 is 5.97 Å². The quantitative estimate of drug-likeness (QED) is 0.0355. The maximum Gasteiger partial charge on any atom is 0.305 e. The zero-order chi connectivity index (χ0) is 40.0. The molecule has 0 aromatic heterocycles. The van der Waals surface area contributed by atoms with Crippen molar-refractivity contribution in [1.82, 2.24) is 0 Å². The van der Waals surface area contributed by atoms with Gasteiger partial charge in [-0.1, -0.05) is 84.0 Å². The Kier molecular flexibility index (Phi) is 45.3. The first-order chi connectivity index (χ1) is 27.0. The normalized spacial score (nSPS) is 11.9. The van der Waals surface area contributed by atoms with E-state index in [1.54, 1.807) is 0 Å². The summed E-state index contributed by atoms with van der Waals surface area (Å²) in [5.41, 5.74) is 0. The highest BCUT2D eigenvalue weighted by molar-refractivity contribution is 6.69. The van der Waals surface area contributed by atoms with E-state index >= 15 is 0 Å². The third kappa shape index (κ3) is 51.2. The molecule has 55 heavy (non-hydrogen) atoms. The fourth-order valence-corrected chi connectivity index (χ4v) is 5.76. The van der Waals surface area contributed by atoms with Crippen molar-refractivity contribution < 1.29 is 61.3 Å². The number of ether oxygens (including phenoxy) is 11. The number of hydrogen-bond donors (Lipinski definition) is 0. The van der Waals surface area contributed by atoms with Gasteiger partial charge in [0.25, 0.3) is 0 Å². The molecule has 0 amide bonds. The van der Waals surface area contributed by atoms with Gasteiger partial charge in [-0.2, -0.15) is 0 Å². The van der Waals surface area contributed by atoms with E-state index in [1.165, 1.54) is 70.6 Å². The van der Waals surface area contributed by atoms with Crippen LogP contribution in [0.1, 0.15) is 96.8 Å². The predicted molar refractivity (Wildman–Crippen MR) is 219 cm³/mol. The third-order valence-electron chi connectivity index (χ3n) is 8.09. The molecule has 0 saturated carbocycles. The van der Waals surface area contributed by atoms with E-state index in [2.05, 4.69) is 26.6 Å². The average molecular weight is 813 g/mol. The Hall–Kier alpha value is -0.753. The van der Waals surface area contributed by atoms with Crippen LogP contribution in [-0.2, 0) is 61.3 Å². The van der Waals surface area contributed by atoms with Gasteiger partial charge in [-0.05, 0) is 26.1 Å². The van der Waals surface area contributed by atoms with Crippen LogP contribution < -0.4 is 0 Å². The molecule has 0 atom stereocenters. The van der Waals surface area contributed by atoms with Crippen molar-refractivity contribution >= 4 is 14.3 Å². The monoisotopic (exact) mass is 813 g/mol. The summed E-state index contributed by atoms with van der Waals surface area (Å²) in [5.74, 6) is -0.131. The molecule has 0 heterocycles. The zero-order valence-electron chi connectivity index (χ0n) is 35.8. The van der Waals surface area contributed by atoms with Crippen molar-refractivity contribution in [2.45, 2.75) is 116 Å². The highest BCUT2D eigenvalue weighted by Crippen LogP contribution is 2.13. The summed E-state index contributed by atoms with van der Waals surface area (Å²) in [6.07, 6.45) is 17.3. The van der Waals surface area contributed by atoms with Crippen LogP contribution >= 0.6 is 0 Å². The highest BCUT2D eigenvalue weighted by atomic mass is 28.4. The SMILES string of the molecule is CCCCCCCCCCCCCCCC(=O)OCCOCCOCCOCCOCCOCCOCCOCCOCCOCCOCCO[Si](C)(C)C. The molecule has 0 aliphatic carbocycles. The molecular weight excluding hydrogens is 729 g/mol. The Morgan fingerprint density at radius 2 is 0.564 bits per heavy atom. The molecule has 0 saturated heterocycles. The molecule has 14 heteroatoms. The fraction of sp³-hybridized carbons (Fsp3) is 0.976. The van der Waals surface area contributed by atoms with Crippen molar-refractivity contribution in [1.29, 1.82) is 0 Å².